The summed E-state index contributed by atoms with van der Waals surface area (Å²) < 4.78 is 24.1. The van der Waals surface area contributed by atoms with E-state index in [-0.39, 0.29) is 17.8 Å². The van der Waals surface area contributed by atoms with Crippen molar-refractivity contribution in [2.24, 2.45) is 0 Å². The zero-order chi connectivity index (χ0) is 19.0. The molecule has 3 aromatic rings. The molecule has 2 N–H and O–H groups in total. The van der Waals surface area contributed by atoms with Crippen molar-refractivity contribution in [1.29, 1.82) is 0 Å². The fourth-order valence-electron chi connectivity index (χ4n) is 3.85. The van der Waals surface area contributed by atoms with E-state index in [0.717, 1.165) is 35.0 Å². The van der Waals surface area contributed by atoms with Crippen LogP contribution >= 0.6 is 0 Å². The van der Waals surface area contributed by atoms with Gasteiger partial charge in [-0.1, -0.05) is 6.07 Å². The molecule has 0 aliphatic heterocycles. The van der Waals surface area contributed by atoms with Gasteiger partial charge in [-0.05, 0) is 55.2 Å². The zero-order valence-electron chi connectivity index (χ0n) is 15.3. The molecule has 1 atom stereocenters. The number of aryl methyl sites for hydroxylation is 1. The lowest BCUT2D eigenvalue weighted by Crippen LogP contribution is -2.39. The number of rotatable bonds is 4. The summed E-state index contributed by atoms with van der Waals surface area (Å²) in [5, 5.41) is 4.12. The Hall–Kier alpha value is -3.02. The van der Waals surface area contributed by atoms with Gasteiger partial charge in [0.1, 0.15) is 22.9 Å². The molecule has 0 radical (unpaired) electrons. The van der Waals surface area contributed by atoms with Crippen LogP contribution in [0.4, 0.5) is 4.39 Å². The summed E-state index contributed by atoms with van der Waals surface area (Å²) in [6.07, 6.45) is 2.31. The van der Waals surface area contributed by atoms with Crippen LogP contribution in [0, 0.1) is 5.82 Å². The second kappa shape index (κ2) is 6.95. The van der Waals surface area contributed by atoms with Gasteiger partial charge < -0.3 is 19.8 Å². The van der Waals surface area contributed by atoms with Crippen molar-refractivity contribution in [1.82, 2.24) is 10.3 Å². The molecule has 5 nitrogen and oxygen atoms in total. The molecular weight excluding hydrogens is 347 g/mol. The van der Waals surface area contributed by atoms with E-state index < -0.39 is 0 Å². The van der Waals surface area contributed by atoms with Crippen LogP contribution in [0.5, 0.6) is 11.5 Å². The Morgan fingerprint density at radius 2 is 1.93 bits per heavy atom. The highest BCUT2D eigenvalue weighted by Gasteiger charge is 2.26. The van der Waals surface area contributed by atoms with Gasteiger partial charge in [-0.3, -0.25) is 4.79 Å². The number of aromatic nitrogens is 1. The number of methoxy groups -OCH3 is 2. The first kappa shape index (κ1) is 17.4. The summed E-state index contributed by atoms with van der Waals surface area (Å²) in [6, 6.07) is 10.0. The molecule has 0 saturated heterocycles. The van der Waals surface area contributed by atoms with E-state index >= 15 is 0 Å². The topological polar surface area (TPSA) is 63.4 Å². The van der Waals surface area contributed by atoms with E-state index in [1.807, 2.05) is 0 Å². The Morgan fingerprint density at radius 1 is 1.19 bits per heavy atom. The van der Waals surface area contributed by atoms with E-state index in [4.69, 9.17) is 9.47 Å². The molecule has 6 heteroatoms. The Morgan fingerprint density at radius 3 is 2.63 bits per heavy atom. The third-order valence-corrected chi connectivity index (χ3v) is 5.14. The van der Waals surface area contributed by atoms with E-state index in [1.54, 1.807) is 24.3 Å². The second-order valence-corrected chi connectivity index (χ2v) is 6.72. The number of halogens is 1. The molecule has 1 aliphatic carbocycles. The highest BCUT2D eigenvalue weighted by atomic mass is 19.1. The van der Waals surface area contributed by atoms with Gasteiger partial charge in [0.25, 0.3) is 5.91 Å². The molecule has 140 valence electrons. The number of H-pyrrole nitrogens is 1. The SMILES string of the molecule is COc1cccc(OC)c1C(=O)NC1CCc2[nH]c3cc(F)ccc3c2C1. The van der Waals surface area contributed by atoms with Crippen molar-refractivity contribution >= 4 is 16.8 Å². The summed E-state index contributed by atoms with van der Waals surface area (Å²) in [6.45, 7) is 0. The summed E-state index contributed by atoms with van der Waals surface area (Å²) in [7, 11) is 3.06. The summed E-state index contributed by atoms with van der Waals surface area (Å²) in [5.41, 5.74) is 3.47. The highest BCUT2D eigenvalue weighted by Crippen LogP contribution is 2.31. The van der Waals surface area contributed by atoms with Crippen molar-refractivity contribution in [2.45, 2.75) is 25.3 Å². The average Bonchev–Trinajstić information content (AvgIpc) is 3.03. The molecule has 4 rings (SSSR count). The monoisotopic (exact) mass is 368 g/mol. The van der Waals surface area contributed by atoms with Crippen LogP contribution in [-0.2, 0) is 12.8 Å². The minimum Gasteiger partial charge on any atom is -0.496 e. The standard InChI is InChI=1S/C21H21FN2O3/c1-26-18-4-3-5-19(27-2)20(18)21(25)23-13-7-9-16-15(11-13)14-8-6-12(22)10-17(14)24-16/h3-6,8,10,13,24H,7,9,11H2,1-2H3,(H,23,25). The lowest BCUT2D eigenvalue weighted by molar-refractivity contribution is 0.0927. The van der Waals surface area contributed by atoms with Crippen LogP contribution in [0.2, 0.25) is 0 Å². The summed E-state index contributed by atoms with van der Waals surface area (Å²) in [5.74, 6) is 0.481. The average molecular weight is 368 g/mol. The predicted molar refractivity (Wildman–Crippen MR) is 101 cm³/mol. The number of ether oxygens (including phenoxy) is 2. The first-order chi connectivity index (χ1) is 13.1. The molecule has 27 heavy (non-hydrogen) atoms. The third-order valence-electron chi connectivity index (χ3n) is 5.14. The van der Waals surface area contributed by atoms with Gasteiger partial charge in [0.15, 0.2) is 0 Å². The Kier molecular flexibility index (Phi) is 4.48. The molecular formula is C21H21FN2O3. The fraction of sp³-hybridized carbons (Fsp3) is 0.286. The molecule has 2 aromatic carbocycles. The van der Waals surface area contributed by atoms with Crippen LogP contribution in [0.1, 0.15) is 28.0 Å². The first-order valence-corrected chi connectivity index (χ1v) is 8.91. The molecule has 1 heterocycles. The lowest BCUT2D eigenvalue weighted by Gasteiger charge is -2.24. The van der Waals surface area contributed by atoms with Crippen molar-refractivity contribution in [2.75, 3.05) is 14.2 Å². The smallest absolute Gasteiger partial charge is 0.259 e. The Balaban J connectivity index is 1.59. The minimum absolute atomic E-state index is 0.0105. The number of benzene rings is 2. The van der Waals surface area contributed by atoms with Crippen LogP contribution < -0.4 is 14.8 Å². The quantitative estimate of drug-likeness (QED) is 0.739. The minimum atomic E-state index is -0.255. The number of amides is 1. The van der Waals surface area contributed by atoms with Gasteiger partial charge >= 0.3 is 0 Å². The van der Waals surface area contributed by atoms with Crippen molar-refractivity contribution in [3.8, 4) is 11.5 Å². The third kappa shape index (κ3) is 3.12. The highest BCUT2D eigenvalue weighted by molar-refractivity contribution is 6.00. The van der Waals surface area contributed by atoms with Gasteiger partial charge in [0.2, 0.25) is 0 Å². The number of hydrogen-bond acceptors (Lipinski definition) is 3. The molecule has 1 unspecified atom stereocenters. The van der Waals surface area contributed by atoms with Crippen LogP contribution in [0.3, 0.4) is 0 Å². The Bertz CT molecular complexity index is 990. The normalized spacial score (nSPS) is 16.0. The van der Waals surface area contributed by atoms with Gasteiger partial charge in [-0.15, -0.1) is 0 Å². The maximum absolute atomic E-state index is 13.5. The summed E-state index contributed by atoms with van der Waals surface area (Å²) in [4.78, 5) is 16.2. The van der Waals surface area contributed by atoms with E-state index in [2.05, 4.69) is 10.3 Å². The molecule has 0 bridgehead atoms. The molecule has 1 amide bonds. The molecule has 0 fully saturated rings. The number of carbonyl (C=O) groups excluding carboxylic acids is 1. The number of nitrogens with one attached hydrogen (secondary N) is 2. The maximum atomic E-state index is 13.5. The lowest BCUT2D eigenvalue weighted by atomic mass is 9.91. The van der Waals surface area contributed by atoms with E-state index in [9.17, 15) is 9.18 Å². The molecule has 1 aliphatic rings. The maximum Gasteiger partial charge on any atom is 0.259 e. The van der Waals surface area contributed by atoms with Crippen molar-refractivity contribution in [3.05, 3.63) is 59.0 Å². The number of fused-ring (bicyclic) bond motifs is 3. The van der Waals surface area contributed by atoms with E-state index in [1.165, 1.54) is 26.4 Å². The van der Waals surface area contributed by atoms with Crippen LogP contribution in [0.25, 0.3) is 10.9 Å². The number of hydrogen-bond donors (Lipinski definition) is 2. The Labute approximate surface area is 156 Å². The van der Waals surface area contributed by atoms with Gasteiger partial charge in [0.05, 0.1) is 14.2 Å². The zero-order valence-corrected chi connectivity index (χ0v) is 15.3. The van der Waals surface area contributed by atoms with E-state index in [0.29, 0.717) is 23.5 Å². The molecule has 1 aromatic heterocycles. The molecule has 0 saturated carbocycles. The number of carbonyl (C=O) groups is 1. The van der Waals surface area contributed by atoms with Gasteiger partial charge in [-0.2, -0.15) is 0 Å². The van der Waals surface area contributed by atoms with Gasteiger partial charge in [-0.25, -0.2) is 4.39 Å². The van der Waals surface area contributed by atoms with Crippen LogP contribution in [-0.4, -0.2) is 31.2 Å². The second-order valence-electron chi connectivity index (χ2n) is 6.72. The fourth-order valence-corrected chi connectivity index (χ4v) is 3.85. The number of aromatic amines is 1. The predicted octanol–water partition coefficient (Wildman–Crippen LogP) is 3.61. The summed E-state index contributed by atoms with van der Waals surface area (Å²) >= 11 is 0. The molecule has 0 spiro atoms. The van der Waals surface area contributed by atoms with Crippen LogP contribution in [0.15, 0.2) is 36.4 Å². The van der Waals surface area contributed by atoms with Gasteiger partial charge in [0, 0.05) is 22.6 Å². The van der Waals surface area contributed by atoms with Crippen molar-refractivity contribution < 1.29 is 18.7 Å². The largest absolute Gasteiger partial charge is 0.496 e. The first-order valence-electron chi connectivity index (χ1n) is 8.91. The van der Waals surface area contributed by atoms with Crippen molar-refractivity contribution in [3.63, 3.8) is 0 Å².